The summed E-state index contributed by atoms with van der Waals surface area (Å²) in [7, 11) is 0. The van der Waals surface area contributed by atoms with Gasteiger partial charge in [0, 0.05) is 12.0 Å². The van der Waals surface area contributed by atoms with Gasteiger partial charge in [-0.2, -0.15) is 5.10 Å². The van der Waals surface area contributed by atoms with Gasteiger partial charge >= 0.3 is 0 Å². The fraction of sp³-hybridized carbons (Fsp3) is 0.176. The fourth-order valence-electron chi connectivity index (χ4n) is 2.20. The van der Waals surface area contributed by atoms with E-state index in [1.165, 1.54) is 16.7 Å². The molecule has 1 N–H and O–H groups in total. The molecule has 0 aliphatic rings. The molecule has 2 aromatic carbocycles. The lowest BCUT2D eigenvalue weighted by Gasteiger charge is -2.03. The zero-order valence-electron chi connectivity index (χ0n) is 11.7. The number of nitrogens with zero attached hydrogens (tertiary/aromatic N) is 2. The van der Waals surface area contributed by atoms with Gasteiger partial charge in [0.2, 0.25) is 0 Å². The molecule has 3 rings (SSSR count). The summed E-state index contributed by atoms with van der Waals surface area (Å²) in [6.45, 7) is 4.26. The topological polar surface area (TPSA) is 41.6 Å². The van der Waals surface area contributed by atoms with Crippen LogP contribution in [0.3, 0.4) is 0 Å². The minimum atomic E-state index is 0.754. The normalized spacial score (nSPS) is 10.7. The van der Waals surface area contributed by atoms with Crippen molar-refractivity contribution in [2.75, 3.05) is 0 Å². The molecule has 1 aromatic heterocycles. The fourth-order valence-corrected chi connectivity index (χ4v) is 2.20. The van der Waals surface area contributed by atoms with Crippen LogP contribution in [0.4, 0.5) is 0 Å². The van der Waals surface area contributed by atoms with Crippen molar-refractivity contribution < 1.29 is 0 Å². The maximum absolute atomic E-state index is 4.56. The molecular formula is C17H17N3. The molecule has 0 spiro atoms. The van der Waals surface area contributed by atoms with Crippen LogP contribution in [0.25, 0.3) is 11.4 Å². The number of nitrogens with one attached hydrogen (secondary N) is 1. The predicted octanol–water partition coefficient (Wildman–Crippen LogP) is 3.68. The summed E-state index contributed by atoms with van der Waals surface area (Å²) in [6, 6.07) is 16.5. The van der Waals surface area contributed by atoms with Gasteiger partial charge in [-0.3, -0.25) is 5.10 Å². The third-order valence-electron chi connectivity index (χ3n) is 3.51. The maximum atomic E-state index is 4.56. The second-order valence-corrected chi connectivity index (χ2v) is 5.07. The molecule has 0 radical (unpaired) electrons. The zero-order chi connectivity index (χ0) is 13.9. The molecule has 100 valence electrons. The van der Waals surface area contributed by atoms with Crippen LogP contribution in [0.5, 0.6) is 0 Å². The van der Waals surface area contributed by atoms with Crippen molar-refractivity contribution in [3.63, 3.8) is 0 Å². The lowest BCUT2D eigenvalue weighted by atomic mass is 10.0. The number of aromatic nitrogens is 3. The summed E-state index contributed by atoms with van der Waals surface area (Å²) >= 11 is 0. The van der Waals surface area contributed by atoms with E-state index in [0.717, 1.165) is 23.6 Å². The van der Waals surface area contributed by atoms with Crippen LogP contribution in [0.1, 0.15) is 22.5 Å². The van der Waals surface area contributed by atoms with Crippen LogP contribution >= 0.6 is 0 Å². The van der Waals surface area contributed by atoms with Crippen LogP contribution in [0, 0.1) is 13.8 Å². The summed E-state index contributed by atoms with van der Waals surface area (Å²) in [5.74, 6) is 1.65. The van der Waals surface area contributed by atoms with Gasteiger partial charge in [-0.05, 0) is 30.5 Å². The number of hydrogen-bond acceptors (Lipinski definition) is 2. The SMILES string of the molecule is Cc1ccc(Cc2nc(-c3ccccc3)n[nH]2)cc1C. The first kappa shape index (κ1) is 12.6. The van der Waals surface area contributed by atoms with Crippen molar-refractivity contribution in [2.24, 2.45) is 0 Å². The third kappa shape index (κ3) is 2.62. The van der Waals surface area contributed by atoms with E-state index in [-0.39, 0.29) is 0 Å². The van der Waals surface area contributed by atoms with Crippen LogP contribution in [0.2, 0.25) is 0 Å². The number of H-pyrrole nitrogens is 1. The molecule has 3 aromatic rings. The quantitative estimate of drug-likeness (QED) is 0.783. The molecule has 0 aliphatic heterocycles. The third-order valence-corrected chi connectivity index (χ3v) is 3.51. The standard InChI is InChI=1S/C17H17N3/c1-12-8-9-14(10-13(12)2)11-16-18-17(20-19-16)15-6-4-3-5-7-15/h3-10H,11H2,1-2H3,(H,18,19,20). The number of aryl methyl sites for hydroxylation is 2. The van der Waals surface area contributed by atoms with E-state index in [0.29, 0.717) is 0 Å². The Labute approximate surface area is 118 Å². The summed E-state index contributed by atoms with van der Waals surface area (Å²) in [6.07, 6.45) is 0.779. The lowest BCUT2D eigenvalue weighted by Crippen LogP contribution is -1.92. The smallest absolute Gasteiger partial charge is 0.181 e. The Hall–Kier alpha value is -2.42. The highest BCUT2D eigenvalue weighted by molar-refractivity contribution is 5.53. The Morgan fingerprint density at radius 1 is 0.950 bits per heavy atom. The molecule has 0 bridgehead atoms. The number of rotatable bonds is 3. The van der Waals surface area contributed by atoms with Crippen LogP contribution < -0.4 is 0 Å². The van der Waals surface area contributed by atoms with Gasteiger partial charge in [0.15, 0.2) is 5.82 Å². The van der Waals surface area contributed by atoms with Crippen molar-refractivity contribution in [3.8, 4) is 11.4 Å². The van der Waals surface area contributed by atoms with Crippen molar-refractivity contribution in [2.45, 2.75) is 20.3 Å². The van der Waals surface area contributed by atoms with Gasteiger partial charge < -0.3 is 0 Å². The van der Waals surface area contributed by atoms with E-state index in [1.54, 1.807) is 0 Å². The van der Waals surface area contributed by atoms with Gasteiger partial charge in [-0.1, -0.05) is 48.5 Å². The lowest BCUT2D eigenvalue weighted by molar-refractivity contribution is 0.970. The van der Waals surface area contributed by atoms with E-state index in [2.05, 4.69) is 47.2 Å². The largest absolute Gasteiger partial charge is 0.262 e. The summed E-state index contributed by atoms with van der Waals surface area (Å²) in [5.41, 5.74) is 4.92. The van der Waals surface area contributed by atoms with Crippen molar-refractivity contribution in [1.82, 2.24) is 15.2 Å². The molecule has 0 aliphatic carbocycles. The molecule has 0 fully saturated rings. The summed E-state index contributed by atoms with van der Waals surface area (Å²) < 4.78 is 0. The van der Waals surface area contributed by atoms with E-state index < -0.39 is 0 Å². The first-order valence-corrected chi connectivity index (χ1v) is 6.75. The first-order valence-electron chi connectivity index (χ1n) is 6.75. The molecule has 0 amide bonds. The highest BCUT2D eigenvalue weighted by atomic mass is 15.2. The first-order chi connectivity index (χ1) is 9.72. The van der Waals surface area contributed by atoms with Crippen LogP contribution in [-0.4, -0.2) is 15.2 Å². The van der Waals surface area contributed by atoms with Gasteiger partial charge in [0.05, 0.1) is 0 Å². The van der Waals surface area contributed by atoms with E-state index in [4.69, 9.17) is 0 Å². The summed E-state index contributed by atoms with van der Waals surface area (Å²) in [4.78, 5) is 4.56. The average Bonchev–Trinajstić information content (AvgIpc) is 2.92. The van der Waals surface area contributed by atoms with Gasteiger partial charge in [0.1, 0.15) is 5.82 Å². The Bertz CT molecular complexity index is 714. The highest BCUT2D eigenvalue weighted by Crippen LogP contribution is 2.16. The molecule has 0 atom stereocenters. The molecule has 0 saturated carbocycles. The average molecular weight is 263 g/mol. The molecule has 20 heavy (non-hydrogen) atoms. The summed E-state index contributed by atoms with van der Waals surface area (Å²) in [5, 5.41) is 7.31. The van der Waals surface area contributed by atoms with Gasteiger partial charge in [0.25, 0.3) is 0 Å². The Kier molecular flexibility index (Phi) is 3.33. The molecule has 3 heteroatoms. The minimum Gasteiger partial charge on any atom is -0.262 e. The monoisotopic (exact) mass is 263 g/mol. The second-order valence-electron chi connectivity index (χ2n) is 5.07. The predicted molar refractivity (Wildman–Crippen MR) is 80.5 cm³/mol. The number of benzene rings is 2. The number of hydrogen-bond donors (Lipinski definition) is 1. The Morgan fingerprint density at radius 3 is 2.50 bits per heavy atom. The molecular weight excluding hydrogens is 246 g/mol. The van der Waals surface area contributed by atoms with Crippen molar-refractivity contribution >= 4 is 0 Å². The Morgan fingerprint density at radius 2 is 1.75 bits per heavy atom. The molecule has 0 unspecified atom stereocenters. The van der Waals surface area contributed by atoms with E-state index >= 15 is 0 Å². The van der Waals surface area contributed by atoms with Gasteiger partial charge in [-0.25, -0.2) is 4.98 Å². The second kappa shape index (κ2) is 5.29. The van der Waals surface area contributed by atoms with Crippen LogP contribution in [-0.2, 0) is 6.42 Å². The van der Waals surface area contributed by atoms with E-state index in [9.17, 15) is 0 Å². The molecule has 0 saturated heterocycles. The van der Waals surface area contributed by atoms with E-state index in [1.807, 2.05) is 30.3 Å². The van der Waals surface area contributed by atoms with Crippen molar-refractivity contribution in [1.29, 1.82) is 0 Å². The van der Waals surface area contributed by atoms with Gasteiger partial charge in [-0.15, -0.1) is 0 Å². The Balaban J connectivity index is 1.82. The number of aromatic amines is 1. The maximum Gasteiger partial charge on any atom is 0.181 e. The highest BCUT2D eigenvalue weighted by Gasteiger charge is 2.06. The van der Waals surface area contributed by atoms with Crippen molar-refractivity contribution in [3.05, 3.63) is 71.0 Å². The minimum absolute atomic E-state index is 0.754. The zero-order valence-corrected chi connectivity index (χ0v) is 11.7. The molecule has 1 heterocycles. The molecule has 3 nitrogen and oxygen atoms in total. The van der Waals surface area contributed by atoms with Crippen LogP contribution in [0.15, 0.2) is 48.5 Å².